The molecule has 0 radical (unpaired) electrons. The molecule has 3 aromatic rings. The summed E-state index contributed by atoms with van der Waals surface area (Å²) in [6.07, 6.45) is 1.58. The van der Waals surface area contributed by atoms with Crippen molar-refractivity contribution in [3.05, 3.63) is 66.0 Å². The van der Waals surface area contributed by atoms with E-state index >= 15 is 0 Å². The fourth-order valence-electron chi connectivity index (χ4n) is 3.80. The third kappa shape index (κ3) is 3.43. The summed E-state index contributed by atoms with van der Waals surface area (Å²) in [6.45, 7) is 2.66. The highest BCUT2D eigenvalue weighted by Crippen LogP contribution is 2.28. The van der Waals surface area contributed by atoms with Crippen LogP contribution in [0.1, 0.15) is 30.1 Å². The van der Waals surface area contributed by atoms with Crippen LogP contribution in [-0.4, -0.2) is 34.4 Å². The number of pyridine rings is 1. The Kier molecular flexibility index (Phi) is 4.62. The highest BCUT2D eigenvalue weighted by Gasteiger charge is 2.29. The molecule has 138 valence electrons. The van der Waals surface area contributed by atoms with E-state index in [0.717, 1.165) is 18.4 Å². The third-order valence-electron chi connectivity index (χ3n) is 5.25. The van der Waals surface area contributed by atoms with Crippen molar-refractivity contribution < 1.29 is 9.18 Å². The average Bonchev–Trinajstić information content (AvgIpc) is 2.67. The fraction of sp³-hybridized carbons (Fsp3) is 0.273. The first-order chi connectivity index (χ1) is 13.0. The lowest BCUT2D eigenvalue weighted by Crippen LogP contribution is -2.48. The van der Waals surface area contributed by atoms with E-state index in [0.29, 0.717) is 28.7 Å². The highest BCUT2D eigenvalue weighted by atomic mass is 19.1. The van der Waals surface area contributed by atoms with Gasteiger partial charge in [-0.25, -0.2) is 9.37 Å². The number of nitrogens with zero attached hydrogens (tertiary/aromatic N) is 2. The number of carbonyl (C=O) groups excluding carboxylic acids is 1. The minimum absolute atomic E-state index is 0.0504. The number of hydrogen-bond acceptors (Lipinski definition) is 3. The average molecular weight is 363 g/mol. The number of hydrogen-bond donors (Lipinski definition) is 1. The monoisotopic (exact) mass is 363 g/mol. The first-order valence-electron chi connectivity index (χ1n) is 9.25. The zero-order valence-corrected chi connectivity index (χ0v) is 15.2. The number of halogens is 1. The lowest BCUT2D eigenvalue weighted by Gasteiger charge is -2.36. The van der Waals surface area contributed by atoms with E-state index in [4.69, 9.17) is 5.73 Å². The molecule has 0 saturated carbocycles. The Balaban J connectivity index is 1.84. The minimum Gasteiger partial charge on any atom is -0.336 e. The lowest BCUT2D eigenvalue weighted by atomic mass is 9.96. The second-order valence-electron chi connectivity index (χ2n) is 7.21. The van der Waals surface area contributed by atoms with Crippen molar-refractivity contribution in [3.8, 4) is 11.3 Å². The quantitative estimate of drug-likeness (QED) is 0.749. The predicted molar refractivity (Wildman–Crippen MR) is 105 cm³/mol. The van der Waals surface area contributed by atoms with Crippen LogP contribution in [0.2, 0.25) is 0 Å². The number of benzene rings is 2. The van der Waals surface area contributed by atoms with Gasteiger partial charge in [-0.1, -0.05) is 30.3 Å². The summed E-state index contributed by atoms with van der Waals surface area (Å²) in [6, 6.07) is 16.1. The van der Waals surface area contributed by atoms with Crippen molar-refractivity contribution in [1.82, 2.24) is 9.88 Å². The molecule has 5 heteroatoms. The Morgan fingerprint density at radius 3 is 2.70 bits per heavy atom. The first kappa shape index (κ1) is 17.6. The number of nitrogens with two attached hydrogens (primary N) is 1. The lowest BCUT2D eigenvalue weighted by molar-refractivity contribution is 0.0621. The molecule has 1 aliphatic rings. The van der Waals surface area contributed by atoms with Gasteiger partial charge in [0, 0.05) is 35.6 Å². The zero-order chi connectivity index (χ0) is 19.0. The van der Waals surface area contributed by atoms with Gasteiger partial charge in [0.15, 0.2) is 0 Å². The van der Waals surface area contributed by atoms with Gasteiger partial charge in [-0.05, 0) is 38.0 Å². The Morgan fingerprint density at radius 1 is 1.19 bits per heavy atom. The maximum Gasteiger partial charge on any atom is 0.254 e. The Labute approximate surface area is 157 Å². The van der Waals surface area contributed by atoms with Crippen molar-refractivity contribution in [2.45, 2.75) is 31.8 Å². The Bertz CT molecular complexity index is 990. The predicted octanol–water partition coefficient (Wildman–Crippen LogP) is 3.99. The van der Waals surface area contributed by atoms with Crippen LogP contribution in [0.15, 0.2) is 54.6 Å². The molecule has 1 aromatic heterocycles. The van der Waals surface area contributed by atoms with E-state index in [-0.39, 0.29) is 23.8 Å². The minimum atomic E-state index is -0.365. The number of likely N-dealkylation sites (tertiary alicyclic amines) is 1. The van der Waals surface area contributed by atoms with Gasteiger partial charge in [-0.15, -0.1) is 0 Å². The first-order valence-corrected chi connectivity index (χ1v) is 9.25. The van der Waals surface area contributed by atoms with Crippen LogP contribution < -0.4 is 5.73 Å². The van der Waals surface area contributed by atoms with E-state index in [1.165, 1.54) is 12.1 Å². The van der Waals surface area contributed by atoms with Crippen LogP contribution in [0.4, 0.5) is 4.39 Å². The van der Waals surface area contributed by atoms with Gasteiger partial charge < -0.3 is 10.6 Å². The van der Waals surface area contributed by atoms with E-state index in [1.54, 1.807) is 6.07 Å². The van der Waals surface area contributed by atoms with Crippen molar-refractivity contribution >= 4 is 16.8 Å². The standard InChI is InChI=1S/C22H22FN3O/c1-14-11-17(24)9-10-26(14)22(27)19-13-20(15-5-3-2-4-6-15)25-21-12-16(23)7-8-18(19)21/h2-8,12-14,17H,9-11,24H2,1H3/t14-,17-/m0/s1. The molecule has 4 rings (SSSR count). The summed E-state index contributed by atoms with van der Waals surface area (Å²) in [7, 11) is 0. The molecule has 2 atom stereocenters. The molecular weight excluding hydrogens is 341 g/mol. The second-order valence-corrected chi connectivity index (χ2v) is 7.21. The molecule has 0 unspecified atom stereocenters. The molecular formula is C22H22FN3O. The molecule has 1 fully saturated rings. The molecule has 0 bridgehead atoms. The van der Waals surface area contributed by atoms with E-state index < -0.39 is 0 Å². The van der Waals surface area contributed by atoms with Gasteiger partial charge in [0.1, 0.15) is 5.82 Å². The summed E-state index contributed by atoms with van der Waals surface area (Å²) in [4.78, 5) is 19.8. The Morgan fingerprint density at radius 2 is 1.96 bits per heavy atom. The van der Waals surface area contributed by atoms with Crippen molar-refractivity contribution in [3.63, 3.8) is 0 Å². The van der Waals surface area contributed by atoms with Crippen LogP contribution in [0.25, 0.3) is 22.2 Å². The topological polar surface area (TPSA) is 59.2 Å². The van der Waals surface area contributed by atoms with Crippen LogP contribution >= 0.6 is 0 Å². The number of fused-ring (bicyclic) bond motifs is 1. The number of aromatic nitrogens is 1. The second kappa shape index (κ2) is 7.08. The smallest absolute Gasteiger partial charge is 0.254 e. The van der Waals surface area contributed by atoms with Gasteiger partial charge in [0.25, 0.3) is 5.91 Å². The molecule has 0 spiro atoms. The summed E-state index contributed by atoms with van der Waals surface area (Å²) in [5.74, 6) is -0.415. The van der Waals surface area contributed by atoms with Crippen molar-refractivity contribution in [1.29, 1.82) is 0 Å². The SMILES string of the molecule is C[C@H]1C[C@@H](N)CCN1C(=O)c1cc(-c2ccccc2)nc2cc(F)ccc12. The van der Waals surface area contributed by atoms with Crippen LogP contribution in [-0.2, 0) is 0 Å². The Hall–Kier alpha value is -2.79. The molecule has 1 aliphatic heterocycles. The van der Waals surface area contributed by atoms with E-state index in [9.17, 15) is 9.18 Å². The van der Waals surface area contributed by atoms with Gasteiger partial charge in [-0.2, -0.15) is 0 Å². The zero-order valence-electron chi connectivity index (χ0n) is 15.2. The molecule has 1 saturated heterocycles. The highest BCUT2D eigenvalue weighted by molar-refractivity contribution is 6.07. The molecule has 1 amide bonds. The summed E-state index contributed by atoms with van der Waals surface area (Å²) in [5.41, 5.74) is 8.65. The summed E-state index contributed by atoms with van der Waals surface area (Å²) >= 11 is 0. The van der Waals surface area contributed by atoms with Gasteiger partial charge in [0.2, 0.25) is 0 Å². The van der Waals surface area contributed by atoms with Crippen molar-refractivity contribution in [2.24, 2.45) is 5.73 Å². The van der Waals surface area contributed by atoms with Crippen LogP contribution in [0, 0.1) is 5.82 Å². The maximum atomic E-state index is 13.8. The maximum absolute atomic E-state index is 13.8. The number of piperidine rings is 1. The van der Waals surface area contributed by atoms with Gasteiger partial charge in [-0.3, -0.25) is 4.79 Å². The normalized spacial score (nSPS) is 20.0. The van der Waals surface area contributed by atoms with E-state index in [2.05, 4.69) is 4.98 Å². The largest absolute Gasteiger partial charge is 0.336 e. The molecule has 2 N–H and O–H groups in total. The number of carbonyl (C=O) groups is 1. The van der Waals surface area contributed by atoms with Crippen LogP contribution in [0.5, 0.6) is 0 Å². The fourth-order valence-corrected chi connectivity index (χ4v) is 3.80. The molecule has 2 aromatic carbocycles. The molecule has 2 heterocycles. The van der Waals surface area contributed by atoms with Crippen LogP contribution in [0.3, 0.4) is 0 Å². The summed E-state index contributed by atoms with van der Waals surface area (Å²) < 4.78 is 13.8. The molecule has 0 aliphatic carbocycles. The third-order valence-corrected chi connectivity index (χ3v) is 5.25. The molecule has 4 nitrogen and oxygen atoms in total. The van der Waals surface area contributed by atoms with Gasteiger partial charge >= 0.3 is 0 Å². The van der Waals surface area contributed by atoms with Gasteiger partial charge in [0.05, 0.1) is 16.8 Å². The summed E-state index contributed by atoms with van der Waals surface area (Å²) in [5, 5.41) is 0.670. The molecule has 27 heavy (non-hydrogen) atoms. The number of rotatable bonds is 2. The van der Waals surface area contributed by atoms with Crippen molar-refractivity contribution in [2.75, 3.05) is 6.54 Å². The number of amides is 1. The van der Waals surface area contributed by atoms with E-state index in [1.807, 2.05) is 48.2 Å².